The van der Waals surface area contributed by atoms with Crippen LogP contribution in [-0.2, 0) is 4.74 Å². The summed E-state index contributed by atoms with van der Waals surface area (Å²) in [6, 6.07) is 1.38. The molecule has 2 saturated carbocycles. The molecule has 5 rings (SSSR count). The number of nitrogens with zero attached hydrogens (tertiary/aromatic N) is 3. The number of likely N-dealkylation sites (tertiary alicyclic amines) is 3. The fourth-order valence-corrected chi connectivity index (χ4v) is 6.93. The van der Waals surface area contributed by atoms with E-state index in [4.69, 9.17) is 4.74 Å². The van der Waals surface area contributed by atoms with Gasteiger partial charge < -0.3 is 19.8 Å². The highest BCUT2D eigenvalue weighted by molar-refractivity contribution is 5.04. The molecule has 3 heterocycles. The van der Waals surface area contributed by atoms with Crippen molar-refractivity contribution in [3.05, 3.63) is 0 Å². The molecule has 2 unspecified atom stereocenters. The van der Waals surface area contributed by atoms with Gasteiger partial charge in [-0.2, -0.15) is 0 Å². The Bertz CT molecular complexity index is 558. The van der Waals surface area contributed by atoms with Gasteiger partial charge in [0.2, 0.25) is 6.41 Å². The predicted octanol–water partition coefficient (Wildman–Crippen LogP) is 2.06. The molecule has 166 valence electrons. The summed E-state index contributed by atoms with van der Waals surface area (Å²) in [6.45, 7) is 8.06. The molecule has 2 N–H and O–H groups in total. The first kappa shape index (κ1) is 20.7. The van der Waals surface area contributed by atoms with Gasteiger partial charge >= 0.3 is 0 Å². The van der Waals surface area contributed by atoms with Crippen LogP contribution in [0.2, 0.25) is 0 Å². The molecule has 0 aromatic rings. The van der Waals surface area contributed by atoms with Gasteiger partial charge in [0, 0.05) is 38.3 Å². The summed E-state index contributed by atoms with van der Waals surface area (Å²) in [6.07, 6.45) is 10.5. The SMILES string of the molecule is CCOC(O)N1CCC2(CC(N3CCC([C@@H]4CCCN4C(O)C4CC4)CC3)C2)C1. The van der Waals surface area contributed by atoms with Gasteiger partial charge in [-0.3, -0.25) is 9.80 Å². The van der Waals surface area contributed by atoms with Gasteiger partial charge in [0.1, 0.15) is 6.23 Å². The lowest BCUT2D eigenvalue weighted by atomic mass is 9.64. The third-order valence-electron chi connectivity index (χ3n) is 8.79. The monoisotopic (exact) mass is 407 g/mol. The van der Waals surface area contributed by atoms with E-state index in [-0.39, 0.29) is 6.23 Å². The zero-order chi connectivity index (χ0) is 20.0. The minimum absolute atomic E-state index is 0.163. The van der Waals surface area contributed by atoms with Crippen molar-refractivity contribution in [2.45, 2.75) is 89.4 Å². The van der Waals surface area contributed by atoms with Crippen LogP contribution in [0.5, 0.6) is 0 Å². The maximum absolute atomic E-state index is 10.7. The Morgan fingerprint density at radius 2 is 1.76 bits per heavy atom. The average molecular weight is 408 g/mol. The number of hydrogen-bond acceptors (Lipinski definition) is 6. The maximum atomic E-state index is 10.7. The second-order valence-electron chi connectivity index (χ2n) is 10.6. The standard InChI is InChI=1S/C23H41N3O3/c1-2-29-22(28)25-13-9-23(16-25)14-19(15-23)24-11-7-17(8-12-24)20-4-3-10-26(20)21(27)18-5-6-18/h17-22,27-28H,2-16H2,1H3/t19?,20-,21?,22?,23?/m0/s1. The molecule has 3 aliphatic heterocycles. The molecule has 3 atom stereocenters. The topological polar surface area (TPSA) is 59.4 Å². The molecule has 3 saturated heterocycles. The Hall–Kier alpha value is -0.240. The third-order valence-corrected chi connectivity index (χ3v) is 8.79. The lowest BCUT2D eigenvalue weighted by Crippen LogP contribution is -2.55. The second kappa shape index (κ2) is 8.36. The molecule has 0 amide bonds. The van der Waals surface area contributed by atoms with E-state index >= 15 is 0 Å². The van der Waals surface area contributed by atoms with E-state index in [1.54, 1.807) is 0 Å². The lowest BCUT2D eigenvalue weighted by molar-refractivity contribution is -0.188. The van der Waals surface area contributed by atoms with Gasteiger partial charge in [0.05, 0.1) is 0 Å². The van der Waals surface area contributed by atoms with Crippen LogP contribution >= 0.6 is 0 Å². The summed E-state index contributed by atoms with van der Waals surface area (Å²) < 4.78 is 5.38. The molecule has 6 nitrogen and oxygen atoms in total. The summed E-state index contributed by atoms with van der Waals surface area (Å²) in [4.78, 5) is 7.33. The highest BCUT2D eigenvalue weighted by atomic mass is 16.6. The summed E-state index contributed by atoms with van der Waals surface area (Å²) in [5.74, 6) is 1.34. The Kier molecular flexibility index (Phi) is 5.95. The number of ether oxygens (including phenoxy) is 1. The second-order valence-corrected chi connectivity index (χ2v) is 10.6. The van der Waals surface area contributed by atoms with Gasteiger partial charge in [-0.1, -0.05) is 0 Å². The van der Waals surface area contributed by atoms with Crippen LogP contribution < -0.4 is 0 Å². The zero-order valence-electron chi connectivity index (χ0n) is 18.2. The van der Waals surface area contributed by atoms with Gasteiger partial charge in [-0.25, -0.2) is 0 Å². The highest BCUT2D eigenvalue weighted by Crippen LogP contribution is 2.51. The fraction of sp³-hybridized carbons (Fsp3) is 1.00. The first-order chi connectivity index (χ1) is 14.1. The molecule has 6 heteroatoms. The molecule has 5 aliphatic rings. The Morgan fingerprint density at radius 3 is 2.45 bits per heavy atom. The Labute approximate surface area is 176 Å². The summed E-state index contributed by atoms with van der Waals surface area (Å²) in [5, 5.41) is 20.8. The van der Waals surface area contributed by atoms with Crippen molar-refractivity contribution in [2.75, 3.05) is 39.3 Å². The van der Waals surface area contributed by atoms with E-state index in [0.29, 0.717) is 24.0 Å². The predicted molar refractivity (Wildman–Crippen MR) is 112 cm³/mol. The van der Waals surface area contributed by atoms with Gasteiger partial charge in [0.15, 0.2) is 0 Å². The molecule has 1 spiro atoms. The van der Waals surface area contributed by atoms with E-state index in [1.807, 2.05) is 6.92 Å². The molecular weight excluding hydrogens is 366 g/mol. The highest BCUT2D eigenvalue weighted by Gasteiger charge is 2.51. The zero-order valence-corrected chi connectivity index (χ0v) is 18.2. The average Bonchev–Trinajstić information content (AvgIpc) is 3.26. The smallest absolute Gasteiger partial charge is 0.216 e. The van der Waals surface area contributed by atoms with Gasteiger partial charge in [-0.15, -0.1) is 0 Å². The van der Waals surface area contributed by atoms with Gasteiger partial charge in [0.25, 0.3) is 0 Å². The van der Waals surface area contributed by atoms with Crippen LogP contribution in [0.1, 0.15) is 64.7 Å². The fourth-order valence-electron chi connectivity index (χ4n) is 6.93. The van der Waals surface area contributed by atoms with Crippen LogP contribution in [0, 0.1) is 17.3 Å². The Balaban J connectivity index is 1.08. The summed E-state index contributed by atoms with van der Waals surface area (Å²) in [7, 11) is 0. The first-order valence-electron chi connectivity index (χ1n) is 12.3. The number of aliphatic hydroxyl groups excluding tert-OH is 2. The molecule has 0 radical (unpaired) electrons. The molecule has 0 aromatic carbocycles. The lowest BCUT2D eigenvalue weighted by Gasteiger charge is -2.52. The van der Waals surface area contributed by atoms with Crippen LogP contribution in [0.3, 0.4) is 0 Å². The van der Waals surface area contributed by atoms with Crippen LogP contribution in [0.25, 0.3) is 0 Å². The van der Waals surface area contributed by atoms with Crippen molar-refractivity contribution < 1.29 is 14.9 Å². The first-order valence-corrected chi connectivity index (χ1v) is 12.3. The summed E-state index contributed by atoms with van der Waals surface area (Å²) in [5.41, 5.74) is 0.427. The number of piperidine rings is 1. The van der Waals surface area contributed by atoms with Crippen molar-refractivity contribution in [3.63, 3.8) is 0 Å². The van der Waals surface area contributed by atoms with E-state index in [9.17, 15) is 10.2 Å². The van der Waals surface area contributed by atoms with Gasteiger partial charge in [-0.05, 0) is 95.1 Å². The van der Waals surface area contributed by atoms with E-state index in [2.05, 4.69) is 14.7 Å². The number of rotatable bonds is 7. The van der Waals surface area contributed by atoms with E-state index in [0.717, 1.165) is 31.6 Å². The van der Waals surface area contributed by atoms with Crippen molar-refractivity contribution >= 4 is 0 Å². The maximum Gasteiger partial charge on any atom is 0.216 e. The molecule has 0 aromatic heterocycles. The molecule has 5 fully saturated rings. The quantitative estimate of drug-likeness (QED) is 0.630. The number of aliphatic hydroxyl groups is 2. The van der Waals surface area contributed by atoms with Crippen molar-refractivity contribution in [1.82, 2.24) is 14.7 Å². The van der Waals surface area contributed by atoms with E-state index < -0.39 is 6.41 Å². The number of hydrogen-bond donors (Lipinski definition) is 2. The minimum atomic E-state index is -0.713. The van der Waals surface area contributed by atoms with Crippen LogP contribution in [-0.4, -0.2) is 89.0 Å². The van der Waals surface area contributed by atoms with Crippen molar-refractivity contribution in [1.29, 1.82) is 0 Å². The normalized spacial score (nSPS) is 39.8. The van der Waals surface area contributed by atoms with Crippen LogP contribution in [0.4, 0.5) is 0 Å². The van der Waals surface area contributed by atoms with Crippen molar-refractivity contribution in [2.24, 2.45) is 17.3 Å². The van der Waals surface area contributed by atoms with E-state index in [1.165, 1.54) is 70.9 Å². The third kappa shape index (κ3) is 4.13. The Morgan fingerprint density at radius 1 is 1.00 bits per heavy atom. The van der Waals surface area contributed by atoms with Crippen LogP contribution in [0.15, 0.2) is 0 Å². The molecule has 29 heavy (non-hydrogen) atoms. The largest absolute Gasteiger partial charge is 0.378 e. The summed E-state index contributed by atoms with van der Waals surface area (Å²) >= 11 is 0. The minimum Gasteiger partial charge on any atom is -0.378 e. The van der Waals surface area contributed by atoms with Crippen molar-refractivity contribution in [3.8, 4) is 0 Å². The molecule has 2 aliphatic carbocycles. The molecule has 0 bridgehead atoms. The molecular formula is C23H41N3O3.